The fraction of sp³-hybridized carbons (Fsp3) is 0.409. The topological polar surface area (TPSA) is 61.4 Å². The van der Waals surface area contributed by atoms with Gasteiger partial charge in [-0.3, -0.25) is 4.79 Å². The second kappa shape index (κ2) is 8.37. The molecule has 2 atom stereocenters. The van der Waals surface area contributed by atoms with Gasteiger partial charge in [-0.25, -0.2) is 8.78 Å². The number of benzene rings is 2. The van der Waals surface area contributed by atoms with E-state index in [0.717, 1.165) is 18.9 Å². The van der Waals surface area contributed by atoms with Gasteiger partial charge in [0.05, 0.1) is 12.1 Å². The van der Waals surface area contributed by atoms with Gasteiger partial charge in [-0.2, -0.15) is 0 Å². The Bertz CT molecular complexity index is 832. The van der Waals surface area contributed by atoms with Crippen LogP contribution in [0.3, 0.4) is 0 Å². The number of nitrogens with one attached hydrogen (secondary N) is 2. The molecule has 1 amide bonds. The van der Waals surface area contributed by atoms with Gasteiger partial charge < -0.3 is 15.7 Å². The second-order valence-corrected chi connectivity index (χ2v) is 7.69. The highest BCUT2D eigenvalue weighted by atomic mass is 19.1. The van der Waals surface area contributed by atoms with E-state index in [4.69, 9.17) is 0 Å². The molecule has 1 aliphatic carbocycles. The Kier molecular flexibility index (Phi) is 6.10. The molecule has 0 spiro atoms. The molecule has 6 heteroatoms. The van der Waals surface area contributed by atoms with Crippen LogP contribution in [0.5, 0.6) is 0 Å². The third-order valence-electron chi connectivity index (χ3n) is 5.20. The largest absolute Gasteiger partial charge is 0.390 e. The van der Waals surface area contributed by atoms with Crippen LogP contribution in [0.2, 0.25) is 0 Å². The molecular formula is C22H26F2N2O2. The first-order chi connectivity index (χ1) is 13.3. The third-order valence-corrected chi connectivity index (χ3v) is 5.20. The molecule has 0 aliphatic heterocycles. The number of amides is 1. The van der Waals surface area contributed by atoms with E-state index in [1.807, 2.05) is 19.1 Å². The minimum atomic E-state index is -0.905. The van der Waals surface area contributed by atoms with E-state index in [0.29, 0.717) is 5.56 Å². The number of halogens is 2. The van der Waals surface area contributed by atoms with Crippen molar-refractivity contribution in [2.75, 3.05) is 6.54 Å². The summed E-state index contributed by atoms with van der Waals surface area (Å²) in [6.07, 6.45) is 1.18. The van der Waals surface area contributed by atoms with E-state index in [1.165, 1.54) is 30.2 Å². The average molecular weight is 388 g/mol. The lowest BCUT2D eigenvalue weighted by Gasteiger charge is -2.27. The molecule has 0 saturated heterocycles. The van der Waals surface area contributed by atoms with Crippen LogP contribution in [0.1, 0.15) is 36.5 Å². The summed E-state index contributed by atoms with van der Waals surface area (Å²) in [6.45, 7) is 3.66. The Morgan fingerprint density at radius 1 is 1.18 bits per heavy atom. The summed E-state index contributed by atoms with van der Waals surface area (Å²) >= 11 is 0. The zero-order chi connectivity index (χ0) is 20.3. The number of aliphatic hydroxyl groups excluding tert-OH is 1. The van der Waals surface area contributed by atoms with Crippen LogP contribution in [-0.2, 0) is 16.8 Å². The molecule has 150 valence electrons. The summed E-state index contributed by atoms with van der Waals surface area (Å²) in [5, 5.41) is 16.8. The number of hydrogen-bond acceptors (Lipinski definition) is 3. The molecule has 0 unspecified atom stereocenters. The lowest BCUT2D eigenvalue weighted by Crippen LogP contribution is -2.49. The minimum absolute atomic E-state index is 0.133. The van der Waals surface area contributed by atoms with E-state index in [1.54, 1.807) is 0 Å². The number of carbonyl (C=O) groups excluding carboxylic acids is 1. The fourth-order valence-electron chi connectivity index (χ4n) is 3.60. The first kappa shape index (κ1) is 20.4. The number of aliphatic hydroxyl groups is 1. The molecule has 28 heavy (non-hydrogen) atoms. The van der Waals surface area contributed by atoms with E-state index in [9.17, 15) is 18.7 Å². The molecule has 3 rings (SSSR count). The van der Waals surface area contributed by atoms with Gasteiger partial charge in [0, 0.05) is 25.1 Å². The molecule has 1 fully saturated rings. The molecule has 0 heterocycles. The standard InChI is InChI=1S/C22H26F2N2O2/c1-14-4-3-5-17(8-14)22(6-7-22)25-13-21(28)20(26-15(2)27)11-16-9-18(23)12-19(24)10-16/h3-5,8-10,12,20-21,25,28H,6-7,11,13H2,1-2H3,(H,26,27)/t20-,21+/m0/s1. The highest BCUT2D eigenvalue weighted by Gasteiger charge is 2.44. The van der Waals surface area contributed by atoms with Crippen molar-refractivity contribution in [2.45, 2.75) is 50.8 Å². The van der Waals surface area contributed by atoms with E-state index < -0.39 is 23.8 Å². The summed E-state index contributed by atoms with van der Waals surface area (Å²) in [7, 11) is 0. The first-order valence-corrected chi connectivity index (χ1v) is 9.50. The molecule has 0 aromatic heterocycles. The van der Waals surface area contributed by atoms with Crippen molar-refractivity contribution in [3.8, 4) is 0 Å². The fourth-order valence-corrected chi connectivity index (χ4v) is 3.60. The van der Waals surface area contributed by atoms with Gasteiger partial charge in [0.1, 0.15) is 11.6 Å². The summed E-state index contributed by atoms with van der Waals surface area (Å²) in [5.41, 5.74) is 2.59. The zero-order valence-electron chi connectivity index (χ0n) is 16.1. The minimum Gasteiger partial charge on any atom is -0.390 e. The van der Waals surface area contributed by atoms with Crippen LogP contribution >= 0.6 is 0 Å². The Hall–Kier alpha value is -2.31. The number of aryl methyl sites for hydroxylation is 1. The smallest absolute Gasteiger partial charge is 0.217 e. The normalized spacial score (nSPS) is 17.0. The van der Waals surface area contributed by atoms with Crippen LogP contribution in [0.4, 0.5) is 8.78 Å². The predicted molar refractivity (Wildman–Crippen MR) is 104 cm³/mol. The van der Waals surface area contributed by atoms with E-state index in [2.05, 4.69) is 22.8 Å². The highest BCUT2D eigenvalue weighted by Crippen LogP contribution is 2.45. The third kappa shape index (κ3) is 5.14. The van der Waals surface area contributed by atoms with Crippen LogP contribution < -0.4 is 10.6 Å². The first-order valence-electron chi connectivity index (χ1n) is 9.50. The van der Waals surface area contributed by atoms with Gasteiger partial charge in [0.25, 0.3) is 0 Å². The van der Waals surface area contributed by atoms with Crippen molar-refractivity contribution in [1.29, 1.82) is 0 Å². The van der Waals surface area contributed by atoms with Crippen LogP contribution in [0, 0.1) is 18.6 Å². The second-order valence-electron chi connectivity index (χ2n) is 7.69. The van der Waals surface area contributed by atoms with Crippen molar-refractivity contribution in [3.63, 3.8) is 0 Å². The Balaban J connectivity index is 1.68. The Morgan fingerprint density at radius 2 is 1.86 bits per heavy atom. The maximum absolute atomic E-state index is 13.5. The summed E-state index contributed by atoms with van der Waals surface area (Å²) in [4.78, 5) is 11.6. The maximum atomic E-state index is 13.5. The van der Waals surface area contributed by atoms with Crippen molar-refractivity contribution in [3.05, 3.63) is 70.8 Å². The van der Waals surface area contributed by atoms with E-state index >= 15 is 0 Å². The number of hydrogen-bond donors (Lipinski definition) is 3. The highest BCUT2D eigenvalue weighted by molar-refractivity contribution is 5.73. The molecule has 1 aliphatic rings. The van der Waals surface area contributed by atoms with Crippen LogP contribution in [0.15, 0.2) is 42.5 Å². The van der Waals surface area contributed by atoms with Crippen LogP contribution in [0.25, 0.3) is 0 Å². The lowest BCUT2D eigenvalue weighted by molar-refractivity contribution is -0.120. The van der Waals surface area contributed by atoms with Crippen LogP contribution in [-0.4, -0.2) is 29.7 Å². The molecule has 2 aromatic carbocycles. The lowest BCUT2D eigenvalue weighted by atomic mass is 9.99. The number of rotatable bonds is 8. The zero-order valence-corrected chi connectivity index (χ0v) is 16.1. The van der Waals surface area contributed by atoms with Gasteiger partial charge in [-0.05, 0) is 49.4 Å². The van der Waals surface area contributed by atoms with Crippen molar-refractivity contribution >= 4 is 5.91 Å². The van der Waals surface area contributed by atoms with Crippen molar-refractivity contribution in [1.82, 2.24) is 10.6 Å². The molecule has 4 nitrogen and oxygen atoms in total. The molecular weight excluding hydrogens is 362 g/mol. The maximum Gasteiger partial charge on any atom is 0.217 e. The van der Waals surface area contributed by atoms with Crippen molar-refractivity contribution < 1.29 is 18.7 Å². The number of carbonyl (C=O) groups is 1. The van der Waals surface area contributed by atoms with Gasteiger partial charge in [0.2, 0.25) is 5.91 Å². The van der Waals surface area contributed by atoms with Crippen molar-refractivity contribution in [2.24, 2.45) is 0 Å². The van der Waals surface area contributed by atoms with Gasteiger partial charge in [-0.15, -0.1) is 0 Å². The Labute approximate surface area is 164 Å². The Morgan fingerprint density at radius 3 is 2.43 bits per heavy atom. The molecule has 0 bridgehead atoms. The molecule has 0 radical (unpaired) electrons. The molecule has 1 saturated carbocycles. The summed E-state index contributed by atoms with van der Waals surface area (Å²) in [6, 6.07) is 10.8. The monoisotopic (exact) mass is 388 g/mol. The predicted octanol–water partition coefficient (Wildman–Crippen LogP) is 2.96. The summed E-state index contributed by atoms with van der Waals surface area (Å²) in [5.74, 6) is -1.66. The van der Waals surface area contributed by atoms with Gasteiger partial charge in [0.15, 0.2) is 0 Å². The molecule has 2 aromatic rings. The van der Waals surface area contributed by atoms with E-state index in [-0.39, 0.29) is 24.4 Å². The average Bonchev–Trinajstić information content (AvgIpc) is 3.39. The van der Waals surface area contributed by atoms with Gasteiger partial charge in [-0.1, -0.05) is 29.8 Å². The quantitative estimate of drug-likeness (QED) is 0.652. The summed E-state index contributed by atoms with van der Waals surface area (Å²) < 4.78 is 26.9. The van der Waals surface area contributed by atoms with Gasteiger partial charge >= 0.3 is 0 Å². The molecule has 3 N–H and O–H groups in total. The SMILES string of the molecule is CC(=O)N[C@@H](Cc1cc(F)cc(F)c1)[C@H](O)CNC1(c2cccc(C)c2)CC1.